The molecule has 0 heterocycles. The van der Waals surface area contributed by atoms with E-state index in [1.807, 2.05) is 43.4 Å². The summed E-state index contributed by atoms with van der Waals surface area (Å²) in [6, 6.07) is 11.6. The van der Waals surface area contributed by atoms with Gasteiger partial charge in [0.1, 0.15) is 0 Å². The minimum absolute atomic E-state index is 0.0928. The maximum atomic E-state index is 10.9. The molecule has 0 saturated heterocycles. The Hall–Kier alpha value is -3.06. The van der Waals surface area contributed by atoms with Crippen molar-refractivity contribution in [3.63, 3.8) is 0 Å². The van der Waals surface area contributed by atoms with Crippen molar-refractivity contribution in [1.82, 2.24) is 0 Å². The summed E-state index contributed by atoms with van der Waals surface area (Å²) in [7, 11) is 1.85. The van der Waals surface area contributed by atoms with Gasteiger partial charge in [-0.15, -0.1) is 0 Å². The Labute approximate surface area is 165 Å². The van der Waals surface area contributed by atoms with Crippen LogP contribution in [-0.4, -0.2) is 43.0 Å². The molecule has 2 aromatic rings. The SMILES string of the molecule is CNc1cc(C=NCCC(C)(C)O)c(N)cc1-c1ccc(NCC(N)=O)cc1. The topological polar surface area (TPSA) is 126 Å². The molecule has 0 atom stereocenters. The summed E-state index contributed by atoms with van der Waals surface area (Å²) < 4.78 is 0. The van der Waals surface area contributed by atoms with Crippen LogP contribution in [0.2, 0.25) is 0 Å². The first kappa shape index (κ1) is 21.2. The molecule has 0 aromatic heterocycles. The van der Waals surface area contributed by atoms with Gasteiger partial charge in [-0.25, -0.2) is 0 Å². The van der Waals surface area contributed by atoms with Crippen molar-refractivity contribution in [3.8, 4) is 11.1 Å². The number of carbonyl (C=O) groups excluding carboxylic acids is 1. The van der Waals surface area contributed by atoms with Gasteiger partial charge in [-0.05, 0) is 50.1 Å². The second-order valence-electron chi connectivity index (χ2n) is 7.27. The summed E-state index contributed by atoms with van der Waals surface area (Å²) in [4.78, 5) is 15.2. The smallest absolute Gasteiger partial charge is 0.236 e. The molecule has 1 amide bonds. The summed E-state index contributed by atoms with van der Waals surface area (Å²) in [5, 5.41) is 15.9. The minimum Gasteiger partial charge on any atom is -0.398 e. The van der Waals surface area contributed by atoms with Gasteiger partial charge in [-0.3, -0.25) is 9.79 Å². The molecule has 7 nitrogen and oxygen atoms in total. The number of amides is 1. The first-order valence-electron chi connectivity index (χ1n) is 9.15. The van der Waals surface area contributed by atoms with E-state index >= 15 is 0 Å². The molecule has 2 aromatic carbocycles. The van der Waals surface area contributed by atoms with Crippen molar-refractivity contribution in [2.24, 2.45) is 10.7 Å². The van der Waals surface area contributed by atoms with Crippen LogP contribution in [-0.2, 0) is 4.79 Å². The summed E-state index contributed by atoms with van der Waals surface area (Å²) in [6.45, 7) is 4.15. The highest BCUT2D eigenvalue weighted by Crippen LogP contribution is 2.32. The van der Waals surface area contributed by atoms with Crippen molar-refractivity contribution in [2.45, 2.75) is 25.9 Å². The number of nitrogen functional groups attached to an aromatic ring is 1. The molecule has 28 heavy (non-hydrogen) atoms. The Morgan fingerprint density at radius 2 is 1.93 bits per heavy atom. The van der Waals surface area contributed by atoms with E-state index in [-0.39, 0.29) is 6.54 Å². The highest BCUT2D eigenvalue weighted by Gasteiger charge is 2.11. The standard InChI is InChI=1S/C21H29N5O2/c1-21(2,28)8-9-25-12-15-10-19(24-3)17(11-18(15)22)14-4-6-16(7-5-14)26-13-20(23)27/h4-7,10-12,24,26,28H,8-9,13,22H2,1-3H3,(H2,23,27). The molecule has 0 aliphatic carbocycles. The van der Waals surface area contributed by atoms with Crippen LogP contribution >= 0.6 is 0 Å². The van der Waals surface area contributed by atoms with Gasteiger partial charge in [0.15, 0.2) is 0 Å². The Balaban J connectivity index is 2.20. The van der Waals surface area contributed by atoms with Gasteiger partial charge in [-0.2, -0.15) is 0 Å². The molecule has 2 rings (SSSR count). The van der Waals surface area contributed by atoms with Crippen LogP contribution in [0.15, 0.2) is 41.4 Å². The Bertz CT molecular complexity index is 839. The van der Waals surface area contributed by atoms with E-state index in [2.05, 4.69) is 15.6 Å². The molecule has 0 fully saturated rings. The number of primary amides is 1. The lowest BCUT2D eigenvalue weighted by molar-refractivity contribution is -0.116. The van der Waals surface area contributed by atoms with Gasteiger partial charge in [0.25, 0.3) is 0 Å². The van der Waals surface area contributed by atoms with Crippen molar-refractivity contribution in [1.29, 1.82) is 0 Å². The number of carbonyl (C=O) groups is 1. The van der Waals surface area contributed by atoms with Crippen molar-refractivity contribution >= 4 is 29.2 Å². The van der Waals surface area contributed by atoms with Crippen LogP contribution in [0.5, 0.6) is 0 Å². The summed E-state index contributed by atoms with van der Waals surface area (Å²) in [5.74, 6) is -0.408. The number of benzene rings is 2. The van der Waals surface area contributed by atoms with Gasteiger partial charge in [-0.1, -0.05) is 12.1 Å². The van der Waals surface area contributed by atoms with E-state index < -0.39 is 11.5 Å². The minimum atomic E-state index is -0.735. The number of rotatable bonds is 9. The van der Waals surface area contributed by atoms with E-state index in [4.69, 9.17) is 11.5 Å². The highest BCUT2D eigenvalue weighted by molar-refractivity contribution is 5.93. The van der Waals surface area contributed by atoms with Crippen LogP contribution in [0.4, 0.5) is 17.1 Å². The third-order valence-corrected chi connectivity index (χ3v) is 4.24. The predicted octanol–water partition coefficient (Wildman–Crippen LogP) is 2.45. The van der Waals surface area contributed by atoms with Crippen molar-refractivity contribution in [2.75, 3.05) is 36.5 Å². The fourth-order valence-electron chi connectivity index (χ4n) is 2.65. The molecule has 0 aliphatic rings. The fraction of sp³-hybridized carbons (Fsp3) is 0.333. The first-order valence-corrected chi connectivity index (χ1v) is 9.15. The number of aliphatic hydroxyl groups is 1. The van der Waals surface area contributed by atoms with E-state index in [0.717, 1.165) is 28.1 Å². The van der Waals surface area contributed by atoms with Gasteiger partial charge >= 0.3 is 0 Å². The van der Waals surface area contributed by atoms with Crippen LogP contribution in [0.3, 0.4) is 0 Å². The monoisotopic (exact) mass is 383 g/mol. The Morgan fingerprint density at radius 3 is 2.50 bits per heavy atom. The van der Waals surface area contributed by atoms with E-state index in [1.54, 1.807) is 20.1 Å². The average Bonchev–Trinajstić information content (AvgIpc) is 2.64. The van der Waals surface area contributed by atoms with E-state index in [9.17, 15) is 9.90 Å². The largest absolute Gasteiger partial charge is 0.398 e. The van der Waals surface area contributed by atoms with Gasteiger partial charge in [0.2, 0.25) is 5.91 Å². The zero-order valence-corrected chi connectivity index (χ0v) is 16.6. The number of nitrogens with one attached hydrogen (secondary N) is 2. The number of nitrogens with two attached hydrogens (primary N) is 2. The lowest BCUT2D eigenvalue weighted by Gasteiger charge is -2.15. The Morgan fingerprint density at radius 1 is 1.25 bits per heavy atom. The molecule has 0 spiro atoms. The van der Waals surface area contributed by atoms with Crippen molar-refractivity contribution in [3.05, 3.63) is 42.0 Å². The zero-order chi connectivity index (χ0) is 20.7. The summed E-state index contributed by atoms with van der Waals surface area (Å²) in [5.41, 5.74) is 15.8. The van der Waals surface area contributed by atoms with Crippen LogP contribution in [0.1, 0.15) is 25.8 Å². The molecular formula is C21H29N5O2. The molecule has 0 unspecified atom stereocenters. The number of nitrogens with zero attached hydrogens (tertiary/aromatic N) is 1. The molecule has 0 bridgehead atoms. The van der Waals surface area contributed by atoms with E-state index in [0.29, 0.717) is 18.7 Å². The summed E-state index contributed by atoms with van der Waals surface area (Å²) >= 11 is 0. The molecule has 0 radical (unpaired) electrons. The van der Waals surface area contributed by atoms with Crippen LogP contribution in [0, 0.1) is 0 Å². The molecule has 7 N–H and O–H groups in total. The first-order chi connectivity index (χ1) is 13.2. The van der Waals surface area contributed by atoms with Gasteiger partial charge in [0.05, 0.1) is 12.1 Å². The normalized spacial score (nSPS) is 11.6. The predicted molar refractivity (Wildman–Crippen MR) is 117 cm³/mol. The summed E-state index contributed by atoms with van der Waals surface area (Å²) in [6.07, 6.45) is 2.32. The van der Waals surface area contributed by atoms with Crippen LogP contribution in [0.25, 0.3) is 11.1 Å². The highest BCUT2D eigenvalue weighted by atomic mass is 16.3. The molecular weight excluding hydrogens is 354 g/mol. The number of hydrogen-bond acceptors (Lipinski definition) is 6. The number of anilines is 3. The lowest BCUT2D eigenvalue weighted by atomic mass is 10.00. The zero-order valence-electron chi connectivity index (χ0n) is 16.6. The van der Waals surface area contributed by atoms with Gasteiger partial charge < -0.3 is 27.2 Å². The third kappa shape index (κ3) is 6.28. The second kappa shape index (κ2) is 9.23. The lowest BCUT2D eigenvalue weighted by Crippen LogP contribution is -2.21. The molecule has 0 aliphatic heterocycles. The average molecular weight is 383 g/mol. The van der Waals surface area contributed by atoms with Crippen LogP contribution < -0.4 is 22.1 Å². The third-order valence-electron chi connectivity index (χ3n) is 4.24. The number of aliphatic imine (C=N–C) groups is 1. The second-order valence-corrected chi connectivity index (χ2v) is 7.27. The quantitative estimate of drug-likeness (QED) is 0.336. The molecule has 150 valence electrons. The maximum absolute atomic E-state index is 10.9. The van der Waals surface area contributed by atoms with E-state index in [1.165, 1.54) is 0 Å². The van der Waals surface area contributed by atoms with Crippen molar-refractivity contribution < 1.29 is 9.90 Å². The Kier molecular flexibility index (Phi) is 7.00. The molecule has 7 heteroatoms. The fourth-order valence-corrected chi connectivity index (χ4v) is 2.65. The maximum Gasteiger partial charge on any atom is 0.236 e. The van der Waals surface area contributed by atoms with Gasteiger partial charge in [0, 0.05) is 48.0 Å². The number of hydrogen-bond donors (Lipinski definition) is 5. The molecule has 0 saturated carbocycles.